The highest BCUT2D eigenvalue weighted by molar-refractivity contribution is 9.10. The van der Waals surface area contributed by atoms with E-state index in [4.69, 9.17) is 15.2 Å². The summed E-state index contributed by atoms with van der Waals surface area (Å²) < 4.78 is 11.5. The van der Waals surface area contributed by atoms with E-state index in [1.165, 1.54) is 0 Å². The average molecular weight is 311 g/mol. The summed E-state index contributed by atoms with van der Waals surface area (Å²) in [6.07, 6.45) is 0. The Morgan fingerprint density at radius 3 is 2.72 bits per heavy atom. The highest BCUT2D eigenvalue weighted by atomic mass is 79.9. The molecule has 6 nitrogen and oxygen atoms in total. The normalized spacial score (nSPS) is 10.1. The SMILES string of the molecule is CCOc1nc(N)nc(Oc2cccc(Br)c2)n1. The molecule has 18 heavy (non-hydrogen) atoms. The molecule has 1 heterocycles. The molecule has 0 aliphatic carbocycles. The molecule has 7 heteroatoms. The number of benzene rings is 1. The van der Waals surface area contributed by atoms with E-state index >= 15 is 0 Å². The Morgan fingerprint density at radius 1 is 1.22 bits per heavy atom. The van der Waals surface area contributed by atoms with Crippen molar-refractivity contribution in [2.24, 2.45) is 0 Å². The minimum atomic E-state index is 0.0541. The second-order valence-corrected chi connectivity index (χ2v) is 4.17. The fourth-order valence-corrected chi connectivity index (χ4v) is 1.61. The second-order valence-electron chi connectivity index (χ2n) is 3.25. The first-order chi connectivity index (χ1) is 8.67. The molecule has 0 bridgehead atoms. The van der Waals surface area contributed by atoms with Gasteiger partial charge in [0.25, 0.3) is 0 Å². The van der Waals surface area contributed by atoms with Crippen molar-refractivity contribution in [3.63, 3.8) is 0 Å². The minimum absolute atomic E-state index is 0.0541. The monoisotopic (exact) mass is 310 g/mol. The first-order valence-corrected chi connectivity index (χ1v) is 6.04. The van der Waals surface area contributed by atoms with Crippen molar-refractivity contribution < 1.29 is 9.47 Å². The van der Waals surface area contributed by atoms with Gasteiger partial charge in [0.2, 0.25) is 5.95 Å². The lowest BCUT2D eigenvalue weighted by molar-refractivity contribution is 0.304. The van der Waals surface area contributed by atoms with E-state index in [0.29, 0.717) is 12.4 Å². The Kier molecular flexibility index (Phi) is 3.93. The first-order valence-electron chi connectivity index (χ1n) is 5.25. The van der Waals surface area contributed by atoms with Crippen molar-refractivity contribution in [2.75, 3.05) is 12.3 Å². The predicted octanol–water partition coefficient (Wildman–Crippen LogP) is 2.41. The Balaban J connectivity index is 2.23. The maximum atomic E-state index is 5.54. The number of hydrogen-bond donors (Lipinski definition) is 1. The standard InChI is InChI=1S/C11H11BrN4O2/c1-2-17-10-14-9(13)15-11(16-10)18-8-5-3-4-7(12)6-8/h3-6H,2H2,1H3,(H2,13,14,15,16). The summed E-state index contributed by atoms with van der Waals surface area (Å²) in [5, 5.41) is 0. The maximum Gasteiger partial charge on any atom is 0.330 e. The molecule has 0 saturated carbocycles. The van der Waals surface area contributed by atoms with Crippen LogP contribution in [0.2, 0.25) is 0 Å². The van der Waals surface area contributed by atoms with Crippen molar-refractivity contribution in [2.45, 2.75) is 6.92 Å². The van der Waals surface area contributed by atoms with Crippen LogP contribution in [0.25, 0.3) is 0 Å². The van der Waals surface area contributed by atoms with Crippen molar-refractivity contribution in [1.82, 2.24) is 15.0 Å². The number of ether oxygens (including phenoxy) is 2. The van der Waals surface area contributed by atoms with Crippen LogP contribution in [0.15, 0.2) is 28.7 Å². The predicted molar refractivity (Wildman–Crippen MR) is 69.6 cm³/mol. The van der Waals surface area contributed by atoms with Gasteiger partial charge in [0.15, 0.2) is 0 Å². The zero-order chi connectivity index (χ0) is 13.0. The van der Waals surface area contributed by atoms with Crippen LogP contribution in [0.3, 0.4) is 0 Å². The molecule has 0 unspecified atom stereocenters. The fraction of sp³-hybridized carbons (Fsp3) is 0.182. The first kappa shape index (κ1) is 12.6. The summed E-state index contributed by atoms with van der Waals surface area (Å²) >= 11 is 3.35. The lowest BCUT2D eigenvalue weighted by Gasteiger charge is -2.06. The molecule has 94 valence electrons. The summed E-state index contributed by atoms with van der Waals surface area (Å²) in [6, 6.07) is 7.55. The number of anilines is 1. The van der Waals surface area contributed by atoms with Crippen molar-refractivity contribution in [1.29, 1.82) is 0 Å². The van der Waals surface area contributed by atoms with Gasteiger partial charge in [0.05, 0.1) is 6.61 Å². The van der Waals surface area contributed by atoms with Crippen LogP contribution in [-0.4, -0.2) is 21.6 Å². The molecule has 0 aliphatic rings. The van der Waals surface area contributed by atoms with Gasteiger partial charge in [-0.2, -0.15) is 9.97 Å². The third-order valence-electron chi connectivity index (χ3n) is 1.89. The van der Waals surface area contributed by atoms with Gasteiger partial charge in [-0.05, 0) is 25.1 Å². The molecule has 0 spiro atoms. The maximum absolute atomic E-state index is 5.54. The van der Waals surface area contributed by atoms with E-state index < -0.39 is 0 Å². The molecule has 0 fully saturated rings. The number of hydrogen-bond acceptors (Lipinski definition) is 6. The van der Waals surface area contributed by atoms with Gasteiger partial charge in [0, 0.05) is 4.47 Å². The highest BCUT2D eigenvalue weighted by Gasteiger charge is 2.07. The zero-order valence-corrected chi connectivity index (χ0v) is 11.2. The summed E-state index contributed by atoms with van der Waals surface area (Å²) in [5.74, 6) is 0.649. The van der Waals surface area contributed by atoms with Crippen LogP contribution in [0.5, 0.6) is 17.8 Å². The van der Waals surface area contributed by atoms with E-state index in [1.807, 2.05) is 19.1 Å². The number of nitrogens with zero attached hydrogens (tertiary/aromatic N) is 3. The third-order valence-corrected chi connectivity index (χ3v) is 2.38. The number of nitrogens with two attached hydrogens (primary N) is 1. The molecule has 0 aliphatic heterocycles. The lowest BCUT2D eigenvalue weighted by Crippen LogP contribution is -2.04. The van der Waals surface area contributed by atoms with E-state index in [1.54, 1.807) is 12.1 Å². The molecule has 2 rings (SSSR count). The van der Waals surface area contributed by atoms with Gasteiger partial charge >= 0.3 is 12.0 Å². The van der Waals surface area contributed by atoms with Gasteiger partial charge < -0.3 is 15.2 Å². The van der Waals surface area contributed by atoms with E-state index in [9.17, 15) is 0 Å². The van der Waals surface area contributed by atoms with Gasteiger partial charge in [-0.25, -0.2) is 0 Å². The summed E-state index contributed by atoms with van der Waals surface area (Å²) in [6.45, 7) is 2.27. The lowest BCUT2D eigenvalue weighted by atomic mass is 10.3. The van der Waals surface area contributed by atoms with Crippen LogP contribution in [0.4, 0.5) is 5.95 Å². The minimum Gasteiger partial charge on any atom is -0.464 e. The average Bonchev–Trinajstić information content (AvgIpc) is 2.28. The highest BCUT2D eigenvalue weighted by Crippen LogP contribution is 2.23. The largest absolute Gasteiger partial charge is 0.464 e. The number of rotatable bonds is 4. The Labute approximate surface area is 112 Å². The molecule has 1 aromatic heterocycles. The van der Waals surface area contributed by atoms with Gasteiger partial charge in [-0.15, -0.1) is 4.98 Å². The van der Waals surface area contributed by atoms with Crippen molar-refractivity contribution in [3.05, 3.63) is 28.7 Å². The van der Waals surface area contributed by atoms with E-state index in [-0.39, 0.29) is 18.0 Å². The van der Waals surface area contributed by atoms with Gasteiger partial charge in [-0.1, -0.05) is 22.0 Å². The number of nitrogen functional groups attached to an aromatic ring is 1. The molecule has 0 radical (unpaired) electrons. The Hall–Kier alpha value is -1.89. The molecular formula is C11H11BrN4O2. The number of halogens is 1. The van der Waals surface area contributed by atoms with Crippen LogP contribution in [-0.2, 0) is 0 Å². The number of aromatic nitrogens is 3. The van der Waals surface area contributed by atoms with Crippen LogP contribution in [0.1, 0.15) is 6.92 Å². The molecule has 0 atom stereocenters. The fourth-order valence-electron chi connectivity index (χ4n) is 1.23. The second kappa shape index (κ2) is 5.63. The van der Waals surface area contributed by atoms with Crippen LogP contribution in [0, 0.1) is 0 Å². The third kappa shape index (κ3) is 3.30. The molecule has 1 aromatic carbocycles. The molecule has 2 aromatic rings. The molecule has 0 amide bonds. The summed E-state index contributed by atoms with van der Waals surface area (Å²) in [7, 11) is 0. The van der Waals surface area contributed by atoms with Crippen molar-refractivity contribution in [3.8, 4) is 17.8 Å². The quantitative estimate of drug-likeness (QED) is 0.933. The zero-order valence-electron chi connectivity index (χ0n) is 9.63. The molecule has 0 saturated heterocycles. The van der Waals surface area contributed by atoms with E-state index in [2.05, 4.69) is 30.9 Å². The van der Waals surface area contributed by atoms with Gasteiger partial charge in [-0.3, -0.25) is 0 Å². The van der Waals surface area contributed by atoms with Crippen molar-refractivity contribution >= 4 is 21.9 Å². The smallest absolute Gasteiger partial charge is 0.330 e. The summed E-state index contributed by atoms with van der Waals surface area (Å²) in [5.41, 5.74) is 5.54. The molecule has 2 N–H and O–H groups in total. The Morgan fingerprint density at radius 2 is 2.00 bits per heavy atom. The van der Waals surface area contributed by atoms with Crippen LogP contribution >= 0.6 is 15.9 Å². The molecular weight excluding hydrogens is 300 g/mol. The Bertz CT molecular complexity index is 550. The topological polar surface area (TPSA) is 83.2 Å². The van der Waals surface area contributed by atoms with Gasteiger partial charge in [0.1, 0.15) is 5.75 Å². The van der Waals surface area contributed by atoms with E-state index in [0.717, 1.165) is 4.47 Å². The summed E-state index contributed by atoms with van der Waals surface area (Å²) in [4.78, 5) is 11.7. The van der Waals surface area contributed by atoms with Crippen LogP contribution < -0.4 is 15.2 Å².